The van der Waals surface area contributed by atoms with Crippen molar-refractivity contribution in [3.05, 3.63) is 29.0 Å². The molecule has 1 heterocycles. The lowest BCUT2D eigenvalue weighted by atomic mass is 10.1. The van der Waals surface area contributed by atoms with Gasteiger partial charge in [0.05, 0.1) is 11.2 Å². The van der Waals surface area contributed by atoms with Crippen LogP contribution < -0.4 is 11.1 Å². The van der Waals surface area contributed by atoms with Gasteiger partial charge in [-0.2, -0.15) is 4.99 Å². The van der Waals surface area contributed by atoms with E-state index in [4.69, 9.17) is 5.73 Å². The second-order valence-corrected chi connectivity index (χ2v) is 5.36. The summed E-state index contributed by atoms with van der Waals surface area (Å²) in [6.07, 6.45) is 1.16. The van der Waals surface area contributed by atoms with Gasteiger partial charge in [-0.1, -0.05) is 6.92 Å². The predicted molar refractivity (Wildman–Crippen MR) is 88.1 cm³/mol. The Morgan fingerprint density at radius 1 is 1.23 bits per heavy atom. The molecule has 3 N–H and O–H groups in total. The van der Waals surface area contributed by atoms with Crippen LogP contribution in [0.15, 0.2) is 17.1 Å². The number of rotatable bonds is 3. The molecule has 0 aliphatic rings. The van der Waals surface area contributed by atoms with E-state index in [0.717, 1.165) is 28.6 Å². The quantitative estimate of drug-likeness (QED) is 0.672. The second kappa shape index (κ2) is 6.51. The Hall–Kier alpha value is -2.50. The highest BCUT2D eigenvalue weighted by Crippen LogP contribution is 2.22. The van der Waals surface area contributed by atoms with Crippen LogP contribution in [0, 0.1) is 20.8 Å². The molecule has 0 saturated carbocycles. The Balaban J connectivity index is 2.36. The highest BCUT2D eigenvalue weighted by Gasteiger charge is 2.07. The normalized spacial score (nSPS) is 11.7. The van der Waals surface area contributed by atoms with Crippen LogP contribution >= 0.6 is 0 Å². The van der Waals surface area contributed by atoms with Crippen LogP contribution in [0.5, 0.6) is 0 Å². The van der Waals surface area contributed by atoms with E-state index in [0.29, 0.717) is 6.42 Å². The number of benzene rings is 1. The van der Waals surface area contributed by atoms with Crippen LogP contribution in [0.25, 0.3) is 10.9 Å². The summed E-state index contributed by atoms with van der Waals surface area (Å²) in [6, 6.07) is 4.07. The van der Waals surface area contributed by atoms with E-state index in [1.165, 1.54) is 5.56 Å². The highest BCUT2D eigenvalue weighted by molar-refractivity contribution is 5.97. The molecule has 6 heteroatoms. The minimum atomic E-state index is -0.160. The van der Waals surface area contributed by atoms with Gasteiger partial charge >= 0.3 is 0 Å². The van der Waals surface area contributed by atoms with Gasteiger partial charge < -0.3 is 5.73 Å². The Morgan fingerprint density at radius 3 is 2.59 bits per heavy atom. The van der Waals surface area contributed by atoms with Gasteiger partial charge in [0.2, 0.25) is 11.9 Å². The zero-order valence-electron chi connectivity index (χ0n) is 13.4. The first-order valence-electron chi connectivity index (χ1n) is 7.30. The standard InChI is InChI=1S/C16H21N5O/c1-5-6-14(22)20-15(17)21-16-18-11(4)12-7-9(2)10(3)8-13(12)19-16/h7-8H,5-6H2,1-4H3,(H3,17,18,19,20,21,22). The first-order valence-corrected chi connectivity index (χ1v) is 7.30. The molecule has 1 aromatic heterocycles. The zero-order chi connectivity index (χ0) is 16.3. The molecule has 0 atom stereocenters. The van der Waals surface area contributed by atoms with E-state index in [1.807, 2.05) is 26.8 Å². The molecule has 0 saturated heterocycles. The first-order chi connectivity index (χ1) is 10.4. The van der Waals surface area contributed by atoms with E-state index in [2.05, 4.69) is 33.3 Å². The number of amides is 1. The Kier molecular flexibility index (Phi) is 4.70. The summed E-state index contributed by atoms with van der Waals surface area (Å²) in [6.45, 7) is 7.92. The third-order valence-corrected chi connectivity index (χ3v) is 3.45. The average molecular weight is 299 g/mol. The monoisotopic (exact) mass is 299 g/mol. The third-order valence-electron chi connectivity index (χ3n) is 3.45. The van der Waals surface area contributed by atoms with Crippen molar-refractivity contribution in [1.29, 1.82) is 0 Å². The lowest BCUT2D eigenvalue weighted by Crippen LogP contribution is -2.36. The number of aryl methyl sites for hydroxylation is 3. The summed E-state index contributed by atoms with van der Waals surface area (Å²) >= 11 is 0. The smallest absolute Gasteiger partial charge is 0.253 e. The van der Waals surface area contributed by atoms with E-state index < -0.39 is 0 Å². The number of nitrogens with two attached hydrogens (primary N) is 1. The SMILES string of the molecule is CCCC(=O)NC(N)=Nc1nc(C)c2cc(C)c(C)cc2n1. The molecular weight excluding hydrogens is 278 g/mol. The molecule has 0 aliphatic carbocycles. The molecule has 22 heavy (non-hydrogen) atoms. The molecule has 6 nitrogen and oxygen atoms in total. The fourth-order valence-electron chi connectivity index (χ4n) is 2.14. The molecular formula is C16H21N5O. The number of fused-ring (bicyclic) bond motifs is 1. The van der Waals surface area contributed by atoms with Crippen molar-refractivity contribution in [1.82, 2.24) is 15.3 Å². The first kappa shape index (κ1) is 15.9. The summed E-state index contributed by atoms with van der Waals surface area (Å²) in [5.41, 5.74) is 9.73. The van der Waals surface area contributed by atoms with Gasteiger partial charge in [0.15, 0.2) is 0 Å². The molecule has 0 bridgehead atoms. The summed E-state index contributed by atoms with van der Waals surface area (Å²) in [7, 11) is 0. The molecule has 0 radical (unpaired) electrons. The Bertz CT molecular complexity index is 752. The zero-order valence-corrected chi connectivity index (χ0v) is 13.4. The maximum atomic E-state index is 11.5. The van der Waals surface area contributed by atoms with Crippen molar-refractivity contribution in [3.8, 4) is 0 Å². The fraction of sp³-hybridized carbons (Fsp3) is 0.375. The average Bonchev–Trinajstić information content (AvgIpc) is 2.41. The number of carbonyl (C=O) groups excluding carboxylic acids is 1. The van der Waals surface area contributed by atoms with Crippen molar-refractivity contribution in [2.75, 3.05) is 0 Å². The van der Waals surface area contributed by atoms with Gasteiger partial charge in [-0.3, -0.25) is 10.1 Å². The van der Waals surface area contributed by atoms with E-state index in [9.17, 15) is 4.79 Å². The molecule has 116 valence electrons. The van der Waals surface area contributed by atoms with Crippen LogP contribution in [0.3, 0.4) is 0 Å². The summed E-state index contributed by atoms with van der Waals surface area (Å²) in [4.78, 5) is 24.3. The van der Waals surface area contributed by atoms with Crippen LogP contribution in [-0.2, 0) is 4.79 Å². The molecule has 0 fully saturated rings. The maximum Gasteiger partial charge on any atom is 0.253 e. The van der Waals surface area contributed by atoms with Gasteiger partial charge in [-0.05, 0) is 50.5 Å². The number of guanidine groups is 1. The van der Waals surface area contributed by atoms with Gasteiger partial charge in [0, 0.05) is 11.8 Å². The minimum Gasteiger partial charge on any atom is -0.369 e. The Morgan fingerprint density at radius 2 is 1.91 bits per heavy atom. The molecule has 0 aliphatic heterocycles. The highest BCUT2D eigenvalue weighted by atomic mass is 16.1. The molecule has 0 spiro atoms. The molecule has 1 amide bonds. The van der Waals surface area contributed by atoms with E-state index >= 15 is 0 Å². The maximum absolute atomic E-state index is 11.5. The van der Waals surface area contributed by atoms with Gasteiger partial charge in [0.1, 0.15) is 0 Å². The van der Waals surface area contributed by atoms with Gasteiger partial charge in [-0.25, -0.2) is 9.97 Å². The number of hydrogen-bond acceptors (Lipinski definition) is 4. The van der Waals surface area contributed by atoms with Crippen LogP contribution in [0.1, 0.15) is 36.6 Å². The van der Waals surface area contributed by atoms with Crippen molar-refractivity contribution in [3.63, 3.8) is 0 Å². The lowest BCUT2D eigenvalue weighted by molar-refractivity contribution is -0.119. The van der Waals surface area contributed by atoms with Gasteiger partial charge in [-0.15, -0.1) is 0 Å². The summed E-state index contributed by atoms with van der Waals surface area (Å²) in [5.74, 6) is 0.108. The lowest BCUT2D eigenvalue weighted by Gasteiger charge is -2.07. The molecule has 2 aromatic rings. The van der Waals surface area contributed by atoms with Crippen molar-refractivity contribution >= 4 is 28.7 Å². The van der Waals surface area contributed by atoms with Crippen molar-refractivity contribution in [2.24, 2.45) is 10.7 Å². The summed E-state index contributed by atoms with van der Waals surface area (Å²) < 4.78 is 0. The second-order valence-electron chi connectivity index (χ2n) is 5.36. The third kappa shape index (κ3) is 3.58. The predicted octanol–water partition coefficient (Wildman–Crippen LogP) is 2.42. The van der Waals surface area contributed by atoms with Crippen LogP contribution in [0.4, 0.5) is 5.95 Å². The van der Waals surface area contributed by atoms with E-state index in [-0.39, 0.29) is 17.8 Å². The molecule has 2 rings (SSSR count). The topological polar surface area (TPSA) is 93.3 Å². The molecule has 1 aromatic carbocycles. The number of aliphatic imine (C=N–C) groups is 1. The number of hydrogen-bond donors (Lipinski definition) is 2. The Labute approximate surface area is 129 Å². The number of aromatic nitrogens is 2. The van der Waals surface area contributed by atoms with Crippen LogP contribution in [0.2, 0.25) is 0 Å². The van der Waals surface area contributed by atoms with Gasteiger partial charge in [0.25, 0.3) is 5.95 Å². The van der Waals surface area contributed by atoms with Crippen molar-refractivity contribution in [2.45, 2.75) is 40.5 Å². The largest absolute Gasteiger partial charge is 0.369 e. The van der Waals surface area contributed by atoms with Crippen molar-refractivity contribution < 1.29 is 4.79 Å². The summed E-state index contributed by atoms with van der Waals surface area (Å²) in [5, 5.41) is 3.52. The fourth-order valence-corrected chi connectivity index (χ4v) is 2.14. The number of nitrogens with zero attached hydrogens (tertiary/aromatic N) is 3. The van der Waals surface area contributed by atoms with E-state index in [1.54, 1.807) is 0 Å². The van der Waals surface area contributed by atoms with Crippen LogP contribution in [-0.4, -0.2) is 21.8 Å². The minimum absolute atomic E-state index is 0.0148. The molecule has 0 unspecified atom stereocenters. The number of nitrogens with one attached hydrogen (secondary N) is 1. The number of carbonyl (C=O) groups is 1.